The van der Waals surface area contributed by atoms with Gasteiger partial charge in [-0.2, -0.15) is 0 Å². The molecule has 0 amide bonds. The maximum Gasteiger partial charge on any atom is 0.361 e. The van der Waals surface area contributed by atoms with Crippen LogP contribution in [0.15, 0.2) is 12.3 Å². The van der Waals surface area contributed by atoms with E-state index in [1.807, 2.05) is 5.70 Å². The van der Waals surface area contributed by atoms with Crippen LogP contribution in [0.4, 0.5) is 0 Å². The van der Waals surface area contributed by atoms with Crippen LogP contribution >= 0.6 is 0 Å². The van der Waals surface area contributed by atoms with Gasteiger partial charge >= 0.3 is 8.56 Å². The molecule has 0 N–H and O–H groups in total. The number of unbranched alkanes of at least 4 members (excludes halogenated alkanes) is 2. The molecule has 0 saturated heterocycles. The molecule has 0 bridgehead atoms. The van der Waals surface area contributed by atoms with Gasteiger partial charge in [0.25, 0.3) is 0 Å². The van der Waals surface area contributed by atoms with Crippen molar-refractivity contribution in [1.29, 1.82) is 0 Å². The quantitative estimate of drug-likeness (QED) is 0.295. The molecule has 0 aromatic carbocycles. The van der Waals surface area contributed by atoms with Crippen LogP contribution in [0.3, 0.4) is 0 Å². The molecule has 0 radical (unpaired) electrons. The van der Waals surface area contributed by atoms with E-state index in [1.165, 1.54) is 32.1 Å². The molecule has 2 atom stereocenters. The van der Waals surface area contributed by atoms with Gasteiger partial charge in [0, 0.05) is 13.2 Å². The first-order valence-corrected chi connectivity index (χ1v) is 11.2. The van der Waals surface area contributed by atoms with Crippen molar-refractivity contribution in [3.8, 4) is 0 Å². The SMILES string of the molecule is C=C[Si](C)(OCCCCC)OCCC(C)CCCC(C)C. The molecule has 0 spiro atoms. The fourth-order valence-corrected chi connectivity index (χ4v) is 3.66. The zero-order valence-electron chi connectivity index (χ0n) is 15.1. The lowest BCUT2D eigenvalue weighted by atomic mass is 9.98. The van der Waals surface area contributed by atoms with Gasteiger partial charge in [0.05, 0.1) is 0 Å². The summed E-state index contributed by atoms with van der Waals surface area (Å²) >= 11 is 0. The van der Waals surface area contributed by atoms with Crippen LogP contribution < -0.4 is 0 Å². The summed E-state index contributed by atoms with van der Waals surface area (Å²) in [6, 6.07) is 0. The van der Waals surface area contributed by atoms with E-state index in [4.69, 9.17) is 8.85 Å². The molecule has 0 aromatic heterocycles. The average Bonchev–Trinajstić information content (AvgIpc) is 2.43. The molecule has 21 heavy (non-hydrogen) atoms. The second kappa shape index (κ2) is 12.4. The third kappa shape index (κ3) is 12.1. The summed E-state index contributed by atoms with van der Waals surface area (Å²) in [6.45, 7) is 16.8. The molecule has 0 aromatic rings. The summed E-state index contributed by atoms with van der Waals surface area (Å²) in [6.07, 6.45) is 8.70. The largest absolute Gasteiger partial charge is 0.391 e. The molecule has 0 aliphatic carbocycles. The van der Waals surface area contributed by atoms with Gasteiger partial charge in [-0.3, -0.25) is 0 Å². The van der Waals surface area contributed by atoms with Gasteiger partial charge in [-0.15, -0.1) is 6.58 Å². The van der Waals surface area contributed by atoms with E-state index in [0.29, 0.717) is 0 Å². The Hall–Kier alpha value is -0.123. The number of hydrogen-bond donors (Lipinski definition) is 0. The minimum Gasteiger partial charge on any atom is -0.391 e. The standard InChI is InChI=1S/C18H38O2Si/c1-7-9-10-15-19-21(6,8-2)20-16-14-18(5)13-11-12-17(3)4/h8,17-18H,2,7,9-16H2,1,3-6H3. The van der Waals surface area contributed by atoms with Gasteiger partial charge in [0.1, 0.15) is 0 Å². The molecule has 0 rings (SSSR count). The Labute approximate surface area is 134 Å². The average molecular weight is 315 g/mol. The smallest absolute Gasteiger partial charge is 0.361 e. The normalized spacial score (nSPS) is 15.9. The van der Waals surface area contributed by atoms with Gasteiger partial charge in [-0.05, 0) is 36.9 Å². The Morgan fingerprint density at radius 1 is 0.952 bits per heavy atom. The molecule has 0 heterocycles. The third-order valence-electron chi connectivity index (χ3n) is 3.99. The van der Waals surface area contributed by atoms with E-state index in [1.54, 1.807) is 0 Å². The van der Waals surface area contributed by atoms with Crippen LogP contribution in [-0.4, -0.2) is 21.8 Å². The van der Waals surface area contributed by atoms with Gasteiger partial charge in [-0.25, -0.2) is 0 Å². The van der Waals surface area contributed by atoms with E-state index in [0.717, 1.165) is 37.9 Å². The van der Waals surface area contributed by atoms with Crippen LogP contribution in [0.2, 0.25) is 6.55 Å². The molecule has 0 aliphatic heterocycles. The molecule has 2 nitrogen and oxygen atoms in total. The van der Waals surface area contributed by atoms with E-state index < -0.39 is 8.56 Å². The van der Waals surface area contributed by atoms with Gasteiger partial charge in [0.2, 0.25) is 0 Å². The van der Waals surface area contributed by atoms with Crippen LogP contribution in [-0.2, 0) is 8.85 Å². The first-order chi connectivity index (χ1) is 9.93. The molecular weight excluding hydrogens is 276 g/mol. The maximum atomic E-state index is 6.06. The minimum atomic E-state index is -2.13. The first-order valence-electron chi connectivity index (χ1n) is 8.85. The second-order valence-corrected chi connectivity index (χ2v) is 9.86. The Kier molecular flexibility index (Phi) is 12.4. The summed E-state index contributed by atoms with van der Waals surface area (Å²) in [5.74, 6) is 1.56. The minimum absolute atomic E-state index is 0.743. The van der Waals surface area contributed by atoms with Crippen molar-refractivity contribution in [3.63, 3.8) is 0 Å². The van der Waals surface area contributed by atoms with Gasteiger partial charge < -0.3 is 8.85 Å². The van der Waals surface area contributed by atoms with Crippen LogP contribution in [0.25, 0.3) is 0 Å². The van der Waals surface area contributed by atoms with Gasteiger partial charge in [-0.1, -0.05) is 59.8 Å². The van der Waals surface area contributed by atoms with Crippen LogP contribution in [0, 0.1) is 11.8 Å². The zero-order valence-corrected chi connectivity index (χ0v) is 16.1. The molecular formula is C18H38O2Si. The highest BCUT2D eigenvalue weighted by molar-refractivity contribution is 6.71. The van der Waals surface area contributed by atoms with E-state index in [-0.39, 0.29) is 0 Å². The monoisotopic (exact) mass is 314 g/mol. The lowest BCUT2D eigenvalue weighted by Crippen LogP contribution is -2.37. The lowest BCUT2D eigenvalue weighted by molar-refractivity contribution is 0.170. The molecule has 126 valence electrons. The Balaban J connectivity index is 3.80. The van der Waals surface area contributed by atoms with Crippen molar-refractivity contribution < 1.29 is 8.85 Å². The van der Waals surface area contributed by atoms with Crippen molar-refractivity contribution >= 4 is 8.56 Å². The third-order valence-corrected chi connectivity index (χ3v) is 6.28. The first kappa shape index (κ1) is 20.9. The molecule has 0 saturated carbocycles. The molecule has 3 heteroatoms. The summed E-state index contributed by atoms with van der Waals surface area (Å²) in [4.78, 5) is 0. The van der Waals surface area contributed by atoms with E-state index in [9.17, 15) is 0 Å². The Morgan fingerprint density at radius 2 is 1.62 bits per heavy atom. The zero-order chi connectivity index (χ0) is 16.1. The summed E-state index contributed by atoms with van der Waals surface area (Å²) in [7, 11) is -2.13. The van der Waals surface area contributed by atoms with E-state index in [2.05, 4.69) is 40.8 Å². The molecule has 0 fully saturated rings. The van der Waals surface area contributed by atoms with Crippen LogP contribution in [0.5, 0.6) is 0 Å². The fourth-order valence-electron chi connectivity index (χ4n) is 2.27. The van der Waals surface area contributed by atoms with Crippen molar-refractivity contribution in [2.75, 3.05) is 13.2 Å². The predicted molar refractivity (Wildman–Crippen MR) is 95.7 cm³/mol. The molecule has 0 aliphatic rings. The van der Waals surface area contributed by atoms with E-state index >= 15 is 0 Å². The predicted octanol–water partition coefficient (Wildman–Crippen LogP) is 5.86. The Morgan fingerprint density at radius 3 is 2.19 bits per heavy atom. The van der Waals surface area contributed by atoms with Crippen molar-refractivity contribution in [2.45, 2.75) is 79.2 Å². The lowest BCUT2D eigenvalue weighted by Gasteiger charge is -2.24. The van der Waals surface area contributed by atoms with Crippen LogP contribution in [0.1, 0.15) is 72.6 Å². The summed E-state index contributed by atoms with van der Waals surface area (Å²) < 4.78 is 12.0. The highest BCUT2D eigenvalue weighted by Gasteiger charge is 2.27. The molecule has 2 unspecified atom stereocenters. The summed E-state index contributed by atoms with van der Waals surface area (Å²) in [5, 5.41) is 0. The number of rotatable bonds is 14. The number of hydrogen-bond acceptors (Lipinski definition) is 2. The fraction of sp³-hybridized carbons (Fsp3) is 0.889. The van der Waals surface area contributed by atoms with Crippen molar-refractivity contribution in [1.82, 2.24) is 0 Å². The van der Waals surface area contributed by atoms with Crippen molar-refractivity contribution in [3.05, 3.63) is 12.3 Å². The van der Waals surface area contributed by atoms with Gasteiger partial charge in [0.15, 0.2) is 0 Å². The highest BCUT2D eigenvalue weighted by atomic mass is 28.4. The second-order valence-electron chi connectivity index (χ2n) is 6.84. The summed E-state index contributed by atoms with van der Waals surface area (Å²) in [5.41, 5.74) is 1.92. The Bertz CT molecular complexity index is 256. The van der Waals surface area contributed by atoms with Crippen molar-refractivity contribution in [2.24, 2.45) is 11.8 Å². The maximum absolute atomic E-state index is 6.06. The topological polar surface area (TPSA) is 18.5 Å². The highest BCUT2D eigenvalue weighted by Crippen LogP contribution is 2.17.